The summed E-state index contributed by atoms with van der Waals surface area (Å²) in [6, 6.07) is 0. The monoisotopic (exact) mass is 270 g/mol. The van der Waals surface area contributed by atoms with Crippen molar-refractivity contribution in [2.24, 2.45) is 11.8 Å². The third-order valence-electron chi connectivity index (χ3n) is 4.48. The largest absolute Gasteiger partial charge is 0.378 e. The van der Waals surface area contributed by atoms with Crippen LogP contribution in [0.3, 0.4) is 0 Å². The molecule has 0 aromatic heterocycles. The molecule has 19 heavy (non-hydrogen) atoms. The van der Waals surface area contributed by atoms with E-state index in [0.717, 1.165) is 51.5 Å². The molecule has 3 fully saturated rings. The van der Waals surface area contributed by atoms with Crippen LogP contribution in [0.5, 0.6) is 0 Å². The second kappa shape index (κ2) is 7.02. The quantitative estimate of drug-likeness (QED) is 0.633. The van der Waals surface area contributed by atoms with Crippen molar-refractivity contribution >= 4 is 0 Å². The highest BCUT2D eigenvalue weighted by molar-refractivity contribution is 4.74. The number of rotatable bonds is 8. The molecule has 4 nitrogen and oxygen atoms in total. The molecule has 0 radical (unpaired) electrons. The SMILES string of the molecule is C1CC(COCC2CCC(COCC3CO3)CC2)O1. The lowest BCUT2D eigenvalue weighted by atomic mass is 9.83. The van der Waals surface area contributed by atoms with Crippen LogP contribution in [0.1, 0.15) is 32.1 Å². The van der Waals surface area contributed by atoms with E-state index >= 15 is 0 Å². The molecule has 2 aliphatic heterocycles. The van der Waals surface area contributed by atoms with Crippen molar-refractivity contribution in [3.63, 3.8) is 0 Å². The molecule has 110 valence electrons. The maximum Gasteiger partial charge on any atom is 0.104 e. The average Bonchev–Trinajstić information content (AvgIpc) is 3.18. The number of hydrogen-bond donors (Lipinski definition) is 0. The summed E-state index contributed by atoms with van der Waals surface area (Å²) in [4.78, 5) is 0. The molecule has 0 amide bonds. The van der Waals surface area contributed by atoms with Crippen molar-refractivity contribution in [2.75, 3.05) is 39.6 Å². The summed E-state index contributed by atoms with van der Waals surface area (Å²) >= 11 is 0. The normalized spacial score (nSPS) is 37.9. The van der Waals surface area contributed by atoms with Crippen molar-refractivity contribution in [1.29, 1.82) is 0 Å². The summed E-state index contributed by atoms with van der Waals surface area (Å²) in [5.41, 5.74) is 0. The van der Waals surface area contributed by atoms with Gasteiger partial charge in [-0.2, -0.15) is 0 Å². The molecule has 3 rings (SSSR count). The first-order valence-electron chi connectivity index (χ1n) is 7.79. The molecular weight excluding hydrogens is 244 g/mol. The molecule has 4 heteroatoms. The second-order valence-corrected chi connectivity index (χ2v) is 6.20. The van der Waals surface area contributed by atoms with E-state index in [9.17, 15) is 0 Å². The highest BCUT2D eigenvalue weighted by atomic mass is 16.6. The van der Waals surface area contributed by atoms with Gasteiger partial charge >= 0.3 is 0 Å². The fourth-order valence-corrected chi connectivity index (χ4v) is 2.88. The number of epoxide rings is 1. The molecule has 2 saturated heterocycles. The third-order valence-corrected chi connectivity index (χ3v) is 4.48. The lowest BCUT2D eigenvalue weighted by Crippen LogP contribution is -2.32. The second-order valence-electron chi connectivity index (χ2n) is 6.20. The lowest BCUT2D eigenvalue weighted by Gasteiger charge is -2.30. The Bertz CT molecular complexity index is 255. The molecule has 0 aromatic rings. The van der Waals surface area contributed by atoms with E-state index in [0.29, 0.717) is 12.2 Å². The van der Waals surface area contributed by atoms with Gasteiger partial charge in [-0.1, -0.05) is 0 Å². The standard InChI is InChI=1S/C15H26O4/c1-3-13(8-17-10-15-11-19-15)4-2-12(1)7-16-9-14-5-6-18-14/h12-15H,1-11H2. The molecule has 1 aliphatic carbocycles. The highest BCUT2D eigenvalue weighted by Crippen LogP contribution is 2.29. The van der Waals surface area contributed by atoms with Gasteiger partial charge in [-0.25, -0.2) is 0 Å². The maximum atomic E-state index is 5.76. The van der Waals surface area contributed by atoms with Crippen LogP contribution in [0.4, 0.5) is 0 Å². The van der Waals surface area contributed by atoms with Crippen LogP contribution >= 0.6 is 0 Å². The molecule has 0 bridgehead atoms. The third kappa shape index (κ3) is 4.71. The van der Waals surface area contributed by atoms with Gasteiger partial charge < -0.3 is 18.9 Å². The Morgan fingerprint density at radius 2 is 1.21 bits per heavy atom. The minimum Gasteiger partial charge on any atom is -0.378 e. The molecule has 0 aromatic carbocycles. The van der Waals surface area contributed by atoms with Crippen molar-refractivity contribution in [2.45, 2.75) is 44.3 Å². The van der Waals surface area contributed by atoms with E-state index in [1.54, 1.807) is 0 Å². The van der Waals surface area contributed by atoms with Crippen LogP contribution in [-0.2, 0) is 18.9 Å². The minimum absolute atomic E-state index is 0.384. The molecule has 1 saturated carbocycles. The van der Waals surface area contributed by atoms with Crippen LogP contribution in [0.25, 0.3) is 0 Å². The van der Waals surface area contributed by atoms with E-state index < -0.39 is 0 Å². The Labute approximate surface area is 115 Å². The van der Waals surface area contributed by atoms with Crippen LogP contribution in [0, 0.1) is 11.8 Å². The van der Waals surface area contributed by atoms with Gasteiger partial charge in [0.1, 0.15) is 6.10 Å². The zero-order valence-corrected chi connectivity index (χ0v) is 11.7. The highest BCUT2D eigenvalue weighted by Gasteiger charge is 2.25. The fourth-order valence-electron chi connectivity index (χ4n) is 2.88. The van der Waals surface area contributed by atoms with Gasteiger partial charge in [0.25, 0.3) is 0 Å². The van der Waals surface area contributed by atoms with E-state index in [1.165, 1.54) is 32.1 Å². The first-order chi connectivity index (χ1) is 9.40. The Balaban J connectivity index is 1.20. The van der Waals surface area contributed by atoms with Crippen molar-refractivity contribution in [3.8, 4) is 0 Å². The van der Waals surface area contributed by atoms with Crippen LogP contribution in [-0.4, -0.2) is 51.8 Å². The Morgan fingerprint density at radius 3 is 1.63 bits per heavy atom. The van der Waals surface area contributed by atoms with Crippen molar-refractivity contribution < 1.29 is 18.9 Å². The van der Waals surface area contributed by atoms with Gasteiger partial charge in [-0.3, -0.25) is 0 Å². The summed E-state index contributed by atoms with van der Waals surface area (Å²) in [5.74, 6) is 1.51. The predicted molar refractivity (Wildman–Crippen MR) is 71.2 cm³/mol. The smallest absolute Gasteiger partial charge is 0.104 e. The van der Waals surface area contributed by atoms with Gasteiger partial charge in [0.15, 0.2) is 0 Å². The average molecular weight is 270 g/mol. The summed E-state index contributed by atoms with van der Waals surface area (Å²) in [6.45, 7) is 5.25. The first-order valence-corrected chi connectivity index (χ1v) is 7.79. The van der Waals surface area contributed by atoms with E-state index in [-0.39, 0.29) is 0 Å². The van der Waals surface area contributed by atoms with Gasteiger partial charge in [0, 0.05) is 19.8 Å². The van der Waals surface area contributed by atoms with Gasteiger partial charge in [-0.15, -0.1) is 0 Å². The van der Waals surface area contributed by atoms with E-state index in [2.05, 4.69) is 0 Å². The lowest BCUT2D eigenvalue weighted by molar-refractivity contribution is -0.0991. The van der Waals surface area contributed by atoms with Gasteiger partial charge in [-0.05, 0) is 43.9 Å². The number of hydrogen-bond acceptors (Lipinski definition) is 4. The number of ether oxygens (including phenoxy) is 4. The fraction of sp³-hybridized carbons (Fsp3) is 1.00. The Kier molecular flexibility index (Phi) is 5.10. The van der Waals surface area contributed by atoms with E-state index in [1.807, 2.05) is 0 Å². The summed E-state index contributed by atoms with van der Waals surface area (Å²) in [7, 11) is 0. The van der Waals surface area contributed by atoms with Gasteiger partial charge in [0.2, 0.25) is 0 Å². The molecule has 2 atom stereocenters. The van der Waals surface area contributed by atoms with Crippen LogP contribution < -0.4 is 0 Å². The minimum atomic E-state index is 0.384. The zero-order valence-electron chi connectivity index (χ0n) is 11.7. The predicted octanol–water partition coefficient (Wildman–Crippen LogP) is 2.01. The maximum absolute atomic E-state index is 5.76. The molecule has 2 heterocycles. The summed E-state index contributed by atoms with van der Waals surface area (Å²) < 4.78 is 21.9. The van der Waals surface area contributed by atoms with Gasteiger partial charge in [0.05, 0.1) is 25.9 Å². The molecular formula is C15H26O4. The molecule has 0 spiro atoms. The molecule has 3 aliphatic rings. The zero-order chi connectivity index (χ0) is 12.9. The first kappa shape index (κ1) is 13.8. The topological polar surface area (TPSA) is 40.2 Å². The summed E-state index contributed by atoms with van der Waals surface area (Å²) in [5, 5.41) is 0. The molecule has 2 unspecified atom stereocenters. The van der Waals surface area contributed by atoms with Crippen LogP contribution in [0.2, 0.25) is 0 Å². The van der Waals surface area contributed by atoms with E-state index in [4.69, 9.17) is 18.9 Å². The Hall–Kier alpha value is -0.160. The van der Waals surface area contributed by atoms with Crippen LogP contribution in [0.15, 0.2) is 0 Å². The van der Waals surface area contributed by atoms with Crippen molar-refractivity contribution in [3.05, 3.63) is 0 Å². The summed E-state index contributed by atoms with van der Waals surface area (Å²) in [6.07, 6.45) is 7.13. The molecule has 0 N–H and O–H groups in total. The van der Waals surface area contributed by atoms with Crippen molar-refractivity contribution in [1.82, 2.24) is 0 Å². The Morgan fingerprint density at radius 1 is 0.684 bits per heavy atom.